The molecule has 1 heteroatoms. The SMILES string of the molecule is c1ccc2c(c1)-c1cc3[nH]c4ccccc4c3cc1C21C2CC3CC4CC1C2(C3)C4. The molecule has 1 nitrogen and oxygen atoms in total. The van der Waals surface area contributed by atoms with E-state index in [0.717, 1.165) is 23.7 Å². The number of hydrogen-bond acceptors (Lipinski definition) is 0. The predicted octanol–water partition coefficient (Wildman–Crippen LogP) is 7.04. The van der Waals surface area contributed by atoms with Crippen molar-refractivity contribution in [1.82, 2.24) is 4.98 Å². The molecule has 0 aliphatic heterocycles. The Morgan fingerprint density at radius 2 is 1.43 bits per heavy atom. The molecular formula is C29H25N. The van der Waals surface area contributed by atoms with Crippen molar-refractivity contribution in [3.63, 3.8) is 0 Å². The second-order valence-electron chi connectivity index (χ2n) is 11.2. The van der Waals surface area contributed by atoms with E-state index >= 15 is 0 Å². The van der Waals surface area contributed by atoms with Crippen LogP contribution >= 0.6 is 0 Å². The molecule has 1 heterocycles. The van der Waals surface area contributed by atoms with Crippen LogP contribution in [0, 0.1) is 29.1 Å². The molecule has 146 valence electrons. The first-order valence-corrected chi connectivity index (χ1v) is 11.9. The van der Waals surface area contributed by atoms with Crippen LogP contribution in [0.2, 0.25) is 0 Å². The van der Waals surface area contributed by atoms with Crippen LogP contribution in [0.1, 0.15) is 43.2 Å². The minimum atomic E-state index is 0.294. The third-order valence-electron chi connectivity index (χ3n) is 10.4. The van der Waals surface area contributed by atoms with Gasteiger partial charge in [0, 0.05) is 27.2 Å². The second-order valence-corrected chi connectivity index (χ2v) is 11.2. The third-order valence-corrected chi connectivity index (χ3v) is 10.4. The van der Waals surface area contributed by atoms with E-state index < -0.39 is 0 Å². The van der Waals surface area contributed by atoms with Gasteiger partial charge in [0.05, 0.1) is 0 Å². The highest BCUT2D eigenvalue weighted by molar-refractivity contribution is 6.09. The Morgan fingerprint density at radius 3 is 2.30 bits per heavy atom. The van der Waals surface area contributed by atoms with Crippen LogP contribution < -0.4 is 0 Å². The summed E-state index contributed by atoms with van der Waals surface area (Å²) < 4.78 is 0. The molecule has 4 unspecified atom stereocenters. The van der Waals surface area contributed by atoms with Crippen molar-refractivity contribution in [3.8, 4) is 11.1 Å². The molecular weight excluding hydrogens is 362 g/mol. The van der Waals surface area contributed by atoms with Gasteiger partial charge in [-0.05, 0) is 102 Å². The Bertz CT molecular complexity index is 1400. The van der Waals surface area contributed by atoms with Gasteiger partial charge in [-0.1, -0.05) is 42.5 Å². The molecule has 30 heavy (non-hydrogen) atoms. The third kappa shape index (κ3) is 1.37. The maximum Gasteiger partial charge on any atom is 0.0471 e. The average Bonchev–Trinajstić information content (AvgIpc) is 3.42. The molecule has 4 atom stereocenters. The quantitative estimate of drug-likeness (QED) is 0.333. The first kappa shape index (κ1) is 15.3. The Hall–Kier alpha value is -2.54. The van der Waals surface area contributed by atoms with Gasteiger partial charge in [-0.3, -0.25) is 0 Å². The summed E-state index contributed by atoms with van der Waals surface area (Å²) in [5, 5.41) is 2.81. The van der Waals surface area contributed by atoms with E-state index in [1.165, 1.54) is 65.0 Å². The zero-order valence-electron chi connectivity index (χ0n) is 17.1. The smallest absolute Gasteiger partial charge is 0.0471 e. The Labute approximate surface area is 176 Å². The topological polar surface area (TPSA) is 15.8 Å². The summed E-state index contributed by atoms with van der Waals surface area (Å²) in [6.07, 6.45) is 7.56. The van der Waals surface area contributed by atoms with Crippen LogP contribution in [0.15, 0.2) is 60.7 Å². The van der Waals surface area contributed by atoms with Gasteiger partial charge >= 0.3 is 0 Å². The fraction of sp³-hybridized carbons (Fsp3) is 0.379. The van der Waals surface area contributed by atoms with Crippen LogP contribution in [0.3, 0.4) is 0 Å². The van der Waals surface area contributed by atoms with Gasteiger partial charge in [0.25, 0.3) is 0 Å². The van der Waals surface area contributed by atoms with E-state index in [4.69, 9.17) is 0 Å². The van der Waals surface area contributed by atoms with Gasteiger partial charge in [0.15, 0.2) is 0 Å². The average molecular weight is 388 g/mol. The molecule has 4 aromatic rings. The summed E-state index contributed by atoms with van der Waals surface area (Å²) in [6.45, 7) is 0. The summed E-state index contributed by atoms with van der Waals surface area (Å²) in [6, 6.07) is 23.4. The highest BCUT2D eigenvalue weighted by atomic mass is 14.8. The van der Waals surface area contributed by atoms with E-state index in [2.05, 4.69) is 65.6 Å². The standard InChI is InChI=1S/C29H25N/c1-3-7-22-18(5-1)20-13-25-21(19-6-2-4-8-24(19)30-25)12-23(20)29(22)26-10-16-9-17-11-27(29)28(26,14-16)15-17/h1-8,12-13,16-17,26-27,30H,9-11,14-15H2. The maximum absolute atomic E-state index is 3.71. The van der Waals surface area contributed by atoms with Crippen molar-refractivity contribution >= 4 is 21.8 Å². The van der Waals surface area contributed by atoms with Crippen molar-refractivity contribution in [3.05, 3.63) is 71.8 Å². The lowest BCUT2D eigenvalue weighted by Crippen LogP contribution is -2.62. The summed E-state index contributed by atoms with van der Waals surface area (Å²) in [5.41, 5.74) is 9.93. The monoisotopic (exact) mass is 387 g/mol. The Morgan fingerprint density at radius 1 is 0.667 bits per heavy atom. The fourth-order valence-corrected chi connectivity index (χ4v) is 9.97. The predicted molar refractivity (Wildman–Crippen MR) is 121 cm³/mol. The summed E-state index contributed by atoms with van der Waals surface area (Å²) >= 11 is 0. The van der Waals surface area contributed by atoms with E-state index in [1.807, 2.05) is 0 Å². The number of fused-ring (bicyclic) bond motifs is 12. The number of benzene rings is 3. The molecule has 3 bridgehead atoms. The maximum atomic E-state index is 3.71. The number of para-hydroxylation sites is 1. The van der Waals surface area contributed by atoms with Gasteiger partial charge in [-0.2, -0.15) is 0 Å². The molecule has 5 aliphatic rings. The first-order valence-electron chi connectivity index (χ1n) is 11.9. The molecule has 9 rings (SSSR count). The molecule has 1 N–H and O–H groups in total. The van der Waals surface area contributed by atoms with Crippen LogP contribution in [-0.2, 0) is 5.41 Å². The molecule has 3 aromatic carbocycles. The van der Waals surface area contributed by atoms with Crippen molar-refractivity contribution in [2.24, 2.45) is 29.1 Å². The van der Waals surface area contributed by atoms with Gasteiger partial charge in [-0.15, -0.1) is 0 Å². The molecule has 2 spiro atoms. The lowest BCUT2D eigenvalue weighted by molar-refractivity contribution is -0.0819. The number of hydrogen-bond donors (Lipinski definition) is 1. The Kier molecular flexibility index (Phi) is 2.31. The minimum absolute atomic E-state index is 0.294. The van der Waals surface area contributed by atoms with Crippen molar-refractivity contribution in [1.29, 1.82) is 0 Å². The number of aromatic nitrogens is 1. The lowest BCUT2D eigenvalue weighted by atomic mass is 9.38. The van der Waals surface area contributed by atoms with Crippen LogP contribution in [0.4, 0.5) is 0 Å². The highest BCUT2D eigenvalue weighted by Crippen LogP contribution is 2.85. The molecule has 0 saturated heterocycles. The van der Waals surface area contributed by atoms with Crippen molar-refractivity contribution < 1.29 is 0 Å². The van der Waals surface area contributed by atoms with Crippen molar-refractivity contribution in [2.45, 2.75) is 37.5 Å². The molecule has 1 aromatic heterocycles. The number of aromatic amines is 1. The van der Waals surface area contributed by atoms with Gasteiger partial charge in [0.2, 0.25) is 0 Å². The van der Waals surface area contributed by atoms with Crippen LogP contribution in [0.5, 0.6) is 0 Å². The highest BCUT2D eigenvalue weighted by Gasteiger charge is 2.79. The molecule has 0 radical (unpaired) electrons. The summed E-state index contributed by atoms with van der Waals surface area (Å²) in [5.74, 6) is 3.76. The first-order chi connectivity index (χ1) is 14.8. The molecule has 4 saturated carbocycles. The number of rotatable bonds is 0. The van der Waals surface area contributed by atoms with Crippen molar-refractivity contribution in [2.75, 3.05) is 0 Å². The van der Waals surface area contributed by atoms with Crippen LogP contribution in [-0.4, -0.2) is 4.98 Å². The lowest BCUT2D eigenvalue weighted by Gasteiger charge is -2.64. The van der Waals surface area contributed by atoms with Crippen LogP contribution in [0.25, 0.3) is 32.9 Å². The Balaban J connectivity index is 1.41. The minimum Gasteiger partial charge on any atom is -0.354 e. The largest absolute Gasteiger partial charge is 0.354 e. The van der Waals surface area contributed by atoms with E-state index in [1.54, 1.807) is 11.1 Å². The van der Waals surface area contributed by atoms with Gasteiger partial charge in [-0.25, -0.2) is 0 Å². The van der Waals surface area contributed by atoms with Gasteiger partial charge in [0.1, 0.15) is 0 Å². The molecule has 0 amide bonds. The van der Waals surface area contributed by atoms with Gasteiger partial charge < -0.3 is 4.98 Å². The molecule has 5 aliphatic carbocycles. The normalized spacial score (nSPS) is 38.9. The zero-order valence-corrected chi connectivity index (χ0v) is 17.1. The zero-order chi connectivity index (χ0) is 19.2. The fourth-order valence-electron chi connectivity index (χ4n) is 9.97. The number of H-pyrrole nitrogens is 1. The van der Waals surface area contributed by atoms with E-state index in [-0.39, 0.29) is 0 Å². The summed E-state index contributed by atoms with van der Waals surface area (Å²) in [7, 11) is 0. The van der Waals surface area contributed by atoms with E-state index in [0.29, 0.717) is 10.8 Å². The summed E-state index contributed by atoms with van der Waals surface area (Å²) in [4.78, 5) is 3.71. The van der Waals surface area contributed by atoms with E-state index in [9.17, 15) is 0 Å². The second kappa shape index (κ2) is 4.54. The number of nitrogens with one attached hydrogen (secondary N) is 1. The molecule has 4 fully saturated rings.